The van der Waals surface area contributed by atoms with Gasteiger partial charge in [0.15, 0.2) is 0 Å². The number of halogens is 1. The molecule has 0 aliphatic carbocycles. The molecule has 0 aliphatic heterocycles. The maximum Gasteiger partial charge on any atom is 1.00 e. The molecule has 0 heterocycles. The van der Waals surface area contributed by atoms with Crippen LogP contribution in [0.5, 0.6) is 0 Å². The van der Waals surface area contributed by atoms with Crippen LogP contribution in [0.4, 0.5) is 0 Å². The molecule has 0 aromatic heterocycles. The Morgan fingerprint density at radius 2 is 1.00 bits per heavy atom. The fraction of sp³-hybridized carbons (Fsp3) is 0. The predicted octanol–water partition coefficient (Wildman–Crippen LogP) is -10.5. The molecule has 0 N–H and O–H groups in total. The summed E-state index contributed by atoms with van der Waals surface area (Å²) in [5.41, 5.74) is 0. The Hall–Kier alpha value is 1.53. The van der Waals surface area contributed by atoms with Crippen molar-refractivity contribution in [3.05, 3.63) is 10.1 Å². The van der Waals surface area contributed by atoms with Crippen LogP contribution in [-0.4, -0.2) is 0 Å². The molecule has 0 saturated carbocycles. The van der Waals surface area contributed by atoms with Crippen LogP contribution in [0, 0.1) is 20.4 Å². The molecule has 0 unspecified atom stereocenters. The van der Waals surface area contributed by atoms with Crippen LogP contribution in [0.2, 0.25) is 0 Å². The molecular formula is ClNNa2O6. The molecule has 0 aromatic rings. The Morgan fingerprint density at radius 1 is 1.00 bits per heavy atom. The first kappa shape index (κ1) is 22.5. The van der Waals surface area contributed by atoms with E-state index in [0.717, 1.165) is 5.34 Å². The molecule has 0 saturated heterocycles. The summed E-state index contributed by atoms with van der Waals surface area (Å²) in [6, 6.07) is 0. The van der Waals surface area contributed by atoms with Crippen LogP contribution in [-0.2, 0) is 0 Å². The Balaban J connectivity index is -0.0000000326. The Bertz CT molecular complexity index is 55.3. The van der Waals surface area contributed by atoms with Gasteiger partial charge >= 0.3 is 59.1 Å². The molecule has 0 amide bonds. The van der Waals surface area contributed by atoms with Crippen LogP contribution < -0.4 is 77.8 Å². The average Bonchev–Trinajstić information content (AvgIpc) is 1.27. The van der Waals surface area contributed by atoms with Gasteiger partial charge in [0, 0.05) is 0 Å². The Morgan fingerprint density at radius 3 is 1.00 bits per heavy atom. The standard InChI is InChI=1S/ClHO4.HNO2.2Na/c2-1(3,4)5;2-1-3;;/h(H,2,3,4,5);(H,2,3);;/q;;2*+1/p-2. The van der Waals surface area contributed by atoms with Crippen molar-refractivity contribution in [2.45, 2.75) is 0 Å². The predicted molar refractivity (Wildman–Crippen MR) is 9.16 cm³/mol. The summed E-state index contributed by atoms with van der Waals surface area (Å²) in [4.78, 5) is 8.00. The zero-order chi connectivity index (χ0) is 7.21. The molecule has 0 aromatic carbocycles. The number of nitrogens with zero attached hydrogens (tertiary/aromatic N) is 1. The molecule has 0 atom stereocenters. The van der Waals surface area contributed by atoms with Gasteiger partial charge in [-0.2, -0.15) is 0 Å². The number of hydrogen-bond acceptors (Lipinski definition) is 7. The molecule has 0 radical (unpaired) electrons. The first-order valence-electron chi connectivity index (χ1n) is 0.982. The van der Waals surface area contributed by atoms with E-state index in [4.69, 9.17) is 28.8 Å². The zero-order valence-electron chi connectivity index (χ0n) is 5.27. The van der Waals surface area contributed by atoms with Crippen LogP contribution in [0.15, 0.2) is 5.34 Å². The zero-order valence-corrected chi connectivity index (χ0v) is 10.0. The molecular weight excluding hydrogens is 191 g/mol. The van der Waals surface area contributed by atoms with E-state index in [1.54, 1.807) is 0 Å². The van der Waals surface area contributed by atoms with Gasteiger partial charge in [0.1, 0.15) is 0 Å². The second-order valence-electron chi connectivity index (χ2n) is 0.453. The third-order valence-electron chi connectivity index (χ3n) is 0. The van der Waals surface area contributed by atoms with E-state index < -0.39 is 10.2 Å². The van der Waals surface area contributed by atoms with E-state index in [1.165, 1.54) is 0 Å². The third kappa shape index (κ3) is 296. The molecule has 10 heavy (non-hydrogen) atoms. The van der Waals surface area contributed by atoms with Gasteiger partial charge in [-0.25, -0.2) is 18.6 Å². The Kier molecular flexibility index (Phi) is 29.6. The smallest absolute Gasteiger partial charge is 0.444 e. The summed E-state index contributed by atoms with van der Waals surface area (Å²) >= 11 is 0. The van der Waals surface area contributed by atoms with Gasteiger partial charge < -0.3 is 10.1 Å². The maximum atomic E-state index is 8.49. The largest absolute Gasteiger partial charge is 1.00 e. The van der Waals surface area contributed by atoms with Crippen molar-refractivity contribution in [1.82, 2.24) is 0 Å². The van der Waals surface area contributed by atoms with Crippen LogP contribution in [0.1, 0.15) is 0 Å². The molecule has 0 fully saturated rings. The number of hydrogen-bond donors (Lipinski definition) is 0. The maximum absolute atomic E-state index is 8.49. The molecule has 7 nitrogen and oxygen atoms in total. The monoisotopic (exact) mass is 191 g/mol. The van der Waals surface area contributed by atoms with Crippen molar-refractivity contribution < 1.29 is 88.0 Å². The normalized spacial score (nSPS) is 7.20. The molecule has 50 valence electrons. The van der Waals surface area contributed by atoms with E-state index in [2.05, 4.69) is 0 Å². The Labute approximate surface area is 102 Å². The molecule has 10 heteroatoms. The average molecular weight is 191 g/mol. The molecule has 0 bridgehead atoms. The van der Waals surface area contributed by atoms with E-state index in [-0.39, 0.29) is 59.1 Å². The van der Waals surface area contributed by atoms with Gasteiger partial charge in [0.2, 0.25) is 0 Å². The summed E-state index contributed by atoms with van der Waals surface area (Å²) in [5.74, 6) is 0. The van der Waals surface area contributed by atoms with Crippen molar-refractivity contribution in [3.8, 4) is 0 Å². The minimum absolute atomic E-state index is 0. The second-order valence-corrected chi connectivity index (χ2v) is 1.21. The summed E-state index contributed by atoms with van der Waals surface area (Å²) < 4.78 is 34.0. The minimum atomic E-state index is -4.94. The van der Waals surface area contributed by atoms with Gasteiger partial charge in [-0.15, -0.1) is 15.6 Å². The molecule has 0 rings (SSSR count). The molecule has 0 aliphatic rings. The number of rotatable bonds is 0. The van der Waals surface area contributed by atoms with Gasteiger partial charge in [0.05, 0.1) is 0 Å². The first-order valence-corrected chi connectivity index (χ1v) is 2.22. The summed E-state index contributed by atoms with van der Waals surface area (Å²) in [6.07, 6.45) is 0. The van der Waals surface area contributed by atoms with E-state index in [0.29, 0.717) is 0 Å². The van der Waals surface area contributed by atoms with Gasteiger partial charge in [-0.05, 0) is 0 Å². The van der Waals surface area contributed by atoms with Crippen molar-refractivity contribution >= 4 is 0 Å². The SMILES string of the molecule is O=N[O-].[Na+].[Na+].[O-][Cl+3]([O-])([O-])[O-]. The van der Waals surface area contributed by atoms with Crippen molar-refractivity contribution in [3.63, 3.8) is 0 Å². The quantitative estimate of drug-likeness (QED) is 0.211. The van der Waals surface area contributed by atoms with Crippen LogP contribution in [0.25, 0.3) is 0 Å². The van der Waals surface area contributed by atoms with Crippen LogP contribution >= 0.6 is 0 Å². The summed E-state index contributed by atoms with van der Waals surface area (Å²) in [6.45, 7) is 0. The second kappa shape index (κ2) is 13.1. The first-order chi connectivity index (χ1) is 3.41. The topological polar surface area (TPSA) is 145 Å². The fourth-order valence-electron chi connectivity index (χ4n) is 0. The van der Waals surface area contributed by atoms with Gasteiger partial charge in [0.25, 0.3) is 0 Å². The van der Waals surface area contributed by atoms with Crippen molar-refractivity contribution in [2.75, 3.05) is 0 Å². The molecule has 0 spiro atoms. The van der Waals surface area contributed by atoms with Crippen molar-refractivity contribution in [2.24, 2.45) is 5.34 Å². The third-order valence-corrected chi connectivity index (χ3v) is 0. The van der Waals surface area contributed by atoms with Crippen molar-refractivity contribution in [1.29, 1.82) is 0 Å². The summed E-state index contributed by atoms with van der Waals surface area (Å²) in [7, 11) is -4.94. The fourth-order valence-corrected chi connectivity index (χ4v) is 0. The van der Waals surface area contributed by atoms with E-state index >= 15 is 0 Å². The van der Waals surface area contributed by atoms with Gasteiger partial charge in [-0.3, -0.25) is 0 Å². The van der Waals surface area contributed by atoms with Gasteiger partial charge in [-0.1, -0.05) is 0 Å². The summed E-state index contributed by atoms with van der Waals surface area (Å²) in [5, 5.41) is 9.00. The van der Waals surface area contributed by atoms with Crippen LogP contribution in [0.3, 0.4) is 0 Å². The van der Waals surface area contributed by atoms with E-state index in [9.17, 15) is 0 Å². The minimum Gasteiger partial charge on any atom is -0.444 e. The van der Waals surface area contributed by atoms with E-state index in [1.807, 2.05) is 0 Å².